The van der Waals surface area contributed by atoms with Gasteiger partial charge in [0.15, 0.2) is 0 Å². The summed E-state index contributed by atoms with van der Waals surface area (Å²) in [6, 6.07) is 0. The minimum absolute atomic E-state index is 0.551. The molecule has 0 aliphatic carbocycles. The van der Waals surface area contributed by atoms with Crippen LogP contribution in [0.2, 0.25) is 5.02 Å². The molecule has 0 atom stereocenters. The fourth-order valence-electron chi connectivity index (χ4n) is 0.279. The lowest BCUT2D eigenvalue weighted by Gasteiger charge is -1.72. The van der Waals surface area contributed by atoms with Gasteiger partial charge in [-0.1, -0.05) is 11.6 Å². The van der Waals surface area contributed by atoms with Gasteiger partial charge in [0, 0.05) is 11.8 Å². The SMILES string of the molecule is Clc1cnn(Cl)c1. The van der Waals surface area contributed by atoms with Gasteiger partial charge in [-0.05, 0) is 0 Å². The van der Waals surface area contributed by atoms with Crippen molar-refractivity contribution < 1.29 is 0 Å². The normalized spacial score (nSPS) is 9.43. The molecule has 0 aliphatic rings. The molecule has 1 aromatic heterocycles. The van der Waals surface area contributed by atoms with E-state index >= 15 is 0 Å². The largest absolute Gasteiger partial charge is 0.179 e. The van der Waals surface area contributed by atoms with E-state index in [0.717, 1.165) is 4.20 Å². The van der Waals surface area contributed by atoms with E-state index in [1.807, 2.05) is 0 Å². The van der Waals surface area contributed by atoms with E-state index in [1.54, 1.807) is 0 Å². The van der Waals surface area contributed by atoms with Crippen LogP contribution in [0.25, 0.3) is 0 Å². The second-order valence-corrected chi connectivity index (χ2v) is 1.83. The number of aromatic nitrogens is 2. The maximum Gasteiger partial charge on any atom is 0.0801 e. The zero-order valence-corrected chi connectivity index (χ0v) is 4.82. The lowest BCUT2D eigenvalue weighted by atomic mass is 10.8. The lowest BCUT2D eigenvalue weighted by molar-refractivity contribution is 0.994. The third kappa shape index (κ3) is 1.08. The van der Waals surface area contributed by atoms with Crippen molar-refractivity contribution in [3.8, 4) is 0 Å². The van der Waals surface area contributed by atoms with Crippen LogP contribution in [0, 0.1) is 0 Å². The van der Waals surface area contributed by atoms with Gasteiger partial charge in [0.2, 0.25) is 0 Å². The van der Waals surface area contributed by atoms with E-state index in [-0.39, 0.29) is 0 Å². The summed E-state index contributed by atoms with van der Waals surface area (Å²) in [5.74, 6) is 0. The first-order valence-corrected chi connectivity index (χ1v) is 2.37. The molecule has 0 radical (unpaired) electrons. The average molecular weight is 137 g/mol. The van der Waals surface area contributed by atoms with Crippen LogP contribution < -0.4 is 0 Å². The van der Waals surface area contributed by atoms with Gasteiger partial charge >= 0.3 is 0 Å². The van der Waals surface area contributed by atoms with Crippen LogP contribution >= 0.6 is 23.4 Å². The first-order valence-electron chi connectivity index (χ1n) is 1.65. The Morgan fingerprint density at radius 2 is 2.43 bits per heavy atom. The molecule has 1 rings (SSSR count). The van der Waals surface area contributed by atoms with E-state index in [1.165, 1.54) is 12.4 Å². The van der Waals surface area contributed by atoms with Crippen LogP contribution in [0.1, 0.15) is 0 Å². The Bertz CT molecular complexity index is 143. The Morgan fingerprint density at radius 3 is 2.57 bits per heavy atom. The third-order valence-corrected chi connectivity index (χ3v) is 0.901. The van der Waals surface area contributed by atoms with Crippen LogP contribution in [0.4, 0.5) is 0 Å². The molecule has 1 heterocycles. The van der Waals surface area contributed by atoms with Gasteiger partial charge in [0.05, 0.1) is 17.4 Å². The monoisotopic (exact) mass is 136 g/mol. The Labute approximate surface area is 50.8 Å². The Hall–Kier alpha value is -0.210. The van der Waals surface area contributed by atoms with Crippen LogP contribution in [0.5, 0.6) is 0 Å². The summed E-state index contributed by atoms with van der Waals surface area (Å²) in [5, 5.41) is 4.12. The predicted molar refractivity (Wildman–Crippen MR) is 28.5 cm³/mol. The smallest absolute Gasteiger partial charge is 0.0801 e. The fourth-order valence-corrected chi connectivity index (χ4v) is 0.614. The summed E-state index contributed by atoms with van der Waals surface area (Å²) in [6.07, 6.45) is 2.97. The predicted octanol–water partition coefficient (Wildman–Crippen LogP) is 1.54. The highest BCUT2D eigenvalue weighted by Gasteiger charge is 1.86. The number of hydrogen-bond acceptors (Lipinski definition) is 1. The van der Waals surface area contributed by atoms with Crippen molar-refractivity contribution in [1.82, 2.24) is 9.30 Å². The Kier molecular flexibility index (Phi) is 1.21. The molecule has 0 aliphatic heterocycles. The fraction of sp³-hybridized carbons (Fsp3) is 0. The number of rotatable bonds is 0. The highest BCUT2D eigenvalue weighted by Crippen LogP contribution is 2.04. The van der Waals surface area contributed by atoms with E-state index in [0.29, 0.717) is 5.02 Å². The second-order valence-electron chi connectivity index (χ2n) is 1.05. The maximum absolute atomic E-state index is 5.39. The van der Waals surface area contributed by atoms with Crippen molar-refractivity contribution in [3.05, 3.63) is 17.4 Å². The molecular formula is C3H2Cl2N2. The van der Waals surface area contributed by atoms with Crippen LogP contribution in [0.15, 0.2) is 12.4 Å². The highest BCUT2D eigenvalue weighted by molar-refractivity contribution is 6.30. The van der Waals surface area contributed by atoms with Crippen molar-refractivity contribution in [3.63, 3.8) is 0 Å². The van der Waals surface area contributed by atoms with Crippen molar-refractivity contribution in [2.24, 2.45) is 0 Å². The van der Waals surface area contributed by atoms with Crippen molar-refractivity contribution in [1.29, 1.82) is 0 Å². The number of hydrogen-bond donors (Lipinski definition) is 0. The van der Waals surface area contributed by atoms with Crippen molar-refractivity contribution >= 4 is 23.4 Å². The van der Waals surface area contributed by atoms with E-state index in [9.17, 15) is 0 Å². The molecule has 38 valence electrons. The first kappa shape index (κ1) is 4.94. The quantitative estimate of drug-likeness (QED) is 0.530. The van der Waals surface area contributed by atoms with Crippen LogP contribution in [0.3, 0.4) is 0 Å². The Balaban J connectivity index is 3.04. The zero-order valence-electron chi connectivity index (χ0n) is 3.31. The van der Waals surface area contributed by atoms with Gasteiger partial charge in [-0.15, -0.1) is 0 Å². The first-order chi connectivity index (χ1) is 3.29. The molecule has 0 aromatic carbocycles. The molecule has 7 heavy (non-hydrogen) atoms. The van der Waals surface area contributed by atoms with Gasteiger partial charge < -0.3 is 0 Å². The summed E-state index contributed by atoms with van der Waals surface area (Å²) >= 11 is 10.7. The minimum atomic E-state index is 0.551. The van der Waals surface area contributed by atoms with Gasteiger partial charge in [-0.2, -0.15) is 9.30 Å². The second kappa shape index (κ2) is 1.72. The summed E-state index contributed by atoms with van der Waals surface area (Å²) in [6.45, 7) is 0. The average Bonchev–Trinajstić information content (AvgIpc) is 1.87. The van der Waals surface area contributed by atoms with E-state index in [4.69, 9.17) is 23.4 Å². The van der Waals surface area contributed by atoms with Gasteiger partial charge in [-0.3, -0.25) is 0 Å². The molecule has 0 N–H and O–H groups in total. The maximum atomic E-state index is 5.39. The standard InChI is InChI=1S/C3H2Cl2N2/c4-3-1-6-7(5)2-3/h1-2H. The van der Waals surface area contributed by atoms with E-state index in [2.05, 4.69) is 5.10 Å². The highest BCUT2D eigenvalue weighted by atomic mass is 35.5. The van der Waals surface area contributed by atoms with Crippen LogP contribution in [-0.2, 0) is 0 Å². The molecule has 1 aromatic rings. The number of nitrogens with zero attached hydrogens (tertiary/aromatic N) is 2. The Morgan fingerprint density at radius 1 is 1.71 bits per heavy atom. The molecule has 0 saturated heterocycles. The van der Waals surface area contributed by atoms with Gasteiger partial charge in [0.1, 0.15) is 0 Å². The van der Waals surface area contributed by atoms with Gasteiger partial charge in [0.25, 0.3) is 0 Å². The molecule has 0 fully saturated rings. The minimum Gasteiger partial charge on any atom is -0.179 e. The zero-order chi connectivity index (χ0) is 5.28. The lowest BCUT2D eigenvalue weighted by Crippen LogP contribution is -1.73. The van der Waals surface area contributed by atoms with Crippen LogP contribution in [-0.4, -0.2) is 9.30 Å². The molecule has 0 unspecified atom stereocenters. The summed E-state index contributed by atoms with van der Waals surface area (Å²) < 4.78 is 1.13. The molecule has 0 amide bonds. The molecule has 0 spiro atoms. The van der Waals surface area contributed by atoms with E-state index < -0.39 is 0 Å². The molecule has 0 saturated carbocycles. The molecule has 2 nitrogen and oxygen atoms in total. The topological polar surface area (TPSA) is 17.8 Å². The third-order valence-electron chi connectivity index (χ3n) is 0.521. The summed E-state index contributed by atoms with van der Waals surface area (Å²) in [5.41, 5.74) is 0. The summed E-state index contributed by atoms with van der Waals surface area (Å²) in [4.78, 5) is 0. The summed E-state index contributed by atoms with van der Waals surface area (Å²) in [7, 11) is 0. The van der Waals surface area contributed by atoms with Crippen molar-refractivity contribution in [2.75, 3.05) is 0 Å². The molecule has 0 bridgehead atoms. The number of halogens is 2. The van der Waals surface area contributed by atoms with Gasteiger partial charge in [-0.25, -0.2) is 0 Å². The molecular weight excluding hydrogens is 135 g/mol. The van der Waals surface area contributed by atoms with Crippen molar-refractivity contribution in [2.45, 2.75) is 0 Å². The molecule has 4 heteroatoms.